The van der Waals surface area contributed by atoms with Gasteiger partial charge in [0.25, 0.3) is 0 Å². The van der Waals surface area contributed by atoms with E-state index in [-0.39, 0.29) is 0 Å². The van der Waals surface area contributed by atoms with Crippen molar-refractivity contribution >= 4 is 18.4 Å². The Morgan fingerprint density at radius 1 is 1.45 bits per heavy atom. The lowest BCUT2D eigenvalue weighted by molar-refractivity contribution is 1.24. The zero-order valence-electron chi connectivity index (χ0n) is 5.65. The Labute approximate surface area is 63.8 Å². The van der Waals surface area contributed by atoms with Crippen LogP contribution >= 0.6 is 0 Å². The highest BCUT2D eigenvalue weighted by Gasteiger charge is 2.07. The van der Waals surface area contributed by atoms with Gasteiger partial charge in [0.1, 0.15) is 5.70 Å². The SMILES string of the molecule is [C]1=NC=C2N=CC=CN=C2N1. The topological polar surface area (TPSA) is 49.1 Å². The second kappa shape index (κ2) is 2.49. The second-order valence-electron chi connectivity index (χ2n) is 1.98. The van der Waals surface area contributed by atoms with Gasteiger partial charge in [-0.3, -0.25) is 4.99 Å². The second-order valence-corrected chi connectivity index (χ2v) is 1.98. The number of nitrogens with one attached hydrogen (secondary N) is 1. The zero-order valence-corrected chi connectivity index (χ0v) is 5.65. The summed E-state index contributed by atoms with van der Waals surface area (Å²) in [4.78, 5) is 11.9. The van der Waals surface area contributed by atoms with E-state index in [9.17, 15) is 0 Å². The number of hydrogen-bond donors (Lipinski definition) is 1. The summed E-state index contributed by atoms with van der Waals surface area (Å²) in [5.41, 5.74) is 0.730. The van der Waals surface area contributed by atoms with Crippen LogP contribution in [0.15, 0.2) is 39.2 Å². The summed E-state index contributed by atoms with van der Waals surface area (Å²) in [6.07, 6.45) is 9.28. The summed E-state index contributed by atoms with van der Waals surface area (Å²) in [6, 6.07) is 0. The molecular weight excluding hydrogens is 140 g/mol. The first-order valence-corrected chi connectivity index (χ1v) is 3.15. The maximum absolute atomic E-state index is 4.07. The van der Waals surface area contributed by atoms with E-state index in [0.717, 1.165) is 5.70 Å². The Bertz CT molecular complexity index is 306. The first-order valence-electron chi connectivity index (χ1n) is 3.15. The van der Waals surface area contributed by atoms with Gasteiger partial charge in [0.05, 0.1) is 6.20 Å². The van der Waals surface area contributed by atoms with Gasteiger partial charge < -0.3 is 5.32 Å². The summed E-state index contributed by atoms with van der Waals surface area (Å²) in [5, 5.41) is 2.76. The van der Waals surface area contributed by atoms with E-state index in [0.29, 0.717) is 5.84 Å². The van der Waals surface area contributed by atoms with Crippen LogP contribution in [0.25, 0.3) is 0 Å². The van der Waals surface area contributed by atoms with Crippen molar-refractivity contribution < 1.29 is 0 Å². The molecule has 0 saturated heterocycles. The van der Waals surface area contributed by atoms with Crippen molar-refractivity contribution in [3.05, 3.63) is 24.2 Å². The highest BCUT2D eigenvalue weighted by atomic mass is 15.1. The summed E-state index contributed by atoms with van der Waals surface area (Å²) in [5.74, 6) is 0.685. The number of allylic oxidation sites excluding steroid dienone is 1. The summed E-state index contributed by atoms with van der Waals surface area (Å²) < 4.78 is 0. The zero-order chi connectivity index (χ0) is 7.52. The van der Waals surface area contributed by atoms with E-state index in [4.69, 9.17) is 0 Å². The van der Waals surface area contributed by atoms with Crippen LogP contribution in [0.4, 0.5) is 0 Å². The molecule has 0 aromatic heterocycles. The molecule has 0 atom stereocenters. The summed E-state index contributed by atoms with van der Waals surface area (Å²) in [7, 11) is 0. The molecule has 53 valence electrons. The Balaban J connectivity index is 2.44. The van der Waals surface area contributed by atoms with Crippen molar-refractivity contribution in [1.29, 1.82) is 0 Å². The Morgan fingerprint density at radius 3 is 3.45 bits per heavy atom. The molecule has 0 bridgehead atoms. The normalized spacial score (nSPS) is 19.6. The molecular formula is C7H5N4. The molecule has 0 aromatic carbocycles. The maximum atomic E-state index is 4.07. The molecule has 1 N–H and O–H groups in total. The standard InChI is InChI=1S/C7H5N4/c1-2-9-6-4-8-5-11-7(6)10-3-1/h1-4H,(H,8,10,11). The van der Waals surface area contributed by atoms with Crippen molar-refractivity contribution in [2.45, 2.75) is 0 Å². The van der Waals surface area contributed by atoms with Gasteiger partial charge >= 0.3 is 0 Å². The largest absolute Gasteiger partial charge is 0.320 e. The molecule has 0 aromatic rings. The van der Waals surface area contributed by atoms with Crippen LogP contribution in [0.2, 0.25) is 0 Å². The fraction of sp³-hybridized carbons (Fsp3) is 0. The molecule has 1 radical (unpaired) electrons. The number of aliphatic imine (C=N–C) groups is 3. The Kier molecular flexibility index (Phi) is 1.37. The average molecular weight is 145 g/mol. The van der Waals surface area contributed by atoms with Gasteiger partial charge in [-0.05, 0) is 6.08 Å². The van der Waals surface area contributed by atoms with Crippen LogP contribution < -0.4 is 5.32 Å². The van der Waals surface area contributed by atoms with Crippen LogP contribution in [0.3, 0.4) is 0 Å². The van der Waals surface area contributed by atoms with Crippen molar-refractivity contribution in [2.75, 3.05) is 0 Å². The predicted octanol–water partition coefficient (Wildman–Crippen LogP) is 0.333. The Morgan fingerprint density at radius 2 is 2.45 bits per heavy atom. The lowest BCUT2D eigenvalue weighted by Gasteiger charge is -2.05. The van der Waals surface area contributed by atoms with Crippen molar-refractivity contribution in [3.63, 3.8) is 0 Å². The molecule has 4 nitrogen and oxygen atoms in total. The molecule has 0 spiro atoms. The number of hydrogen-bond acceptors (Lipinski definition) is 4. The average Bonchev–Trinajstić information content (AvgIpc) is 2.28. The van der Waals surface area contributed by atoms with E-state index in [2.05, 4.69) is 26.6 Å². The molecule has 2 aliphatic heterocycles. The third-order valence-electron chi connectivity index (χ3n) is 1.26. The van der Waals surface area contributed by atoms with Crippen molar-refractivity contribution in [3.8, 4) is 0 Å². The van der Waals surface area contributed by atoms with Crippen LogP contribution in [0.1, 0.15) is 0 Å². The number of fused-ring (bicyclic) bond motifs is 1. The van der Waals surface area contributed by atoms with E-state index < -0.39 is 0 Å². The van der Waals surface area contributed by atoms with E-state index >= 15 is 0 Å². The van der Waals surface area contributed by atoms with Gasteiger partial charge in [0, 0.05) is 12.4 Å². The molecule has 0 unspecified atom stereocenters. The van der Waals surface area contributed by atoms with Crippen molar-refractivity contribution in [1.82, 2.24) is 5.32 Å². The van der Waals surface area contributed by atoms with Crippen LogP contribution in [0.5, 0.6) is 0 Å². The maximum Gasteiger partial charge on any atom is 0.175 e. The lowest BCUT2D eigenvalue weighted by Crippen LogP contribution is -2.25. The molecule has 11 heavy (non-hydrogen) atoms. The number of rotatable bonds is 0. The van der Waals surface area contributed by atoms with Gasteiger partial charge in [0.15, 0.2) is 12.2 Å². The molecule has 0 amide bonds. The van der Waals surface area contributed by atoms with Gasteiger partial charge in [-0.15, -0.1) is 0 Å². The molecule has 0 fully saturated rings. The molecule has 0 aliphatic carbocycles. The van der Waals surface area contributed by atoms with Crippen LogP contribution in [0, 0.1) is 0 Å². The first kappa shape index (κ1) is 6.03. The lowest BCUT2D eigenvalue weighted by atomic mass is 10.4. The third kappa shape index (κ3) is 1.10. The van der Waals surface area contributed by atoms with E-state index in [1.165, 1.54) is 0 Å². The molecule has 4 heteroatoms. The van der Waals surface area contributed by atoms with Gasteiger partial charge in [-0.1, -0.05) is 0 Å². The minimum Gasteiger partial charge on any atom is -0.320 e. The fourth-order valence-corrected chi connectivity index (χ4v) is 0.776. The van der Waals surface area contributed by atoms with Gasteiger partial charge in [-0.2, -0.15) is 0 Å². The highest BCUT2D eigenvalue weighted by Crippen LogP contribution is 2.03. The monoisotopic (exact) mass is 145 g/mol. The van der Waals surface area contributed by atoms with Crippen molar-refractivity contribution in [2.24, 2.45) is 15.0 Å². The van der Waals surface area contributed by atoms with Crippen LogP contribution in [-0.2, 0) is 0 Å². The molecule has 2 aliphatic rings. The number of amidine groups is 1. The summed E-state index contributed by atoms with van der Waals surface area (Å²) in [6.45, 7) is 0. The minimum absolute atomic E-state index is 0.685. The van der Waals surface area contributed by atoms with Gasteiger partial charge in [-0.25, -0.2) is 9.98 Å². The first-order chi connectivity index (χ1) is 5.47. The molecule has 0 saturated carbocycles. The molecule has 2 rings (SSSR count). The summed E-state index contributed by atoms with van der Waals surface area (Å²) >= 11 is 0. The van der Waals surface area contributed by atoms with Gasteiger partial charge in [0.2, 0.25) is 0 Å². The minimum atomic E-state index is 0.685. The third-order valence-corrected chi connectivity index (χ3v) is 1.26. The smallest absolute Gasteiger partial charge is 0.175 e. The van der Waals surface area contributed by atoms with E-state index in [1.807, 2.05) is 0 Å². The highest BCUT2D eigenvalue weighted by molar-refractivity contribution is 6.07. The fourth-order valence-electron chi connectivity index (χ4n) is 0.776. The number of nitrogens with zero attached hydrogens (tertiary/aromatic N) is 3. The van der Waals surface area contributed by atoms with E-state index in [1.54, 1.807) is 24.7 Å². The predicted molar refractivity (Wildman–Crippen MR) is 43.7 cm³/mol. The Hall–Kier alpha value is -1.71. The molecule has 2 heterocycles. The van der Waals surface area contributed by atoms with Crippen LogP contribution in [-0.4, -0.2) is 18.4 Å². The quantitative estimate of drug-likeness (QED) is 0.524.